The van der Waals surface area contributed by atoms with Gasteiger partial charge >= 0.3 is 11.9 Å². The normalized spacial score (nSPS) is 26.2. The molecule has 15 nitrogen and oxygen atoms in total. The van der Waals surface area contributed by atoms with Crippen molar-refractivity contribution in [3.63, 3.8) is 0 Å². The number of aliphatic hydroxyl groups is 7. The summed E-state index contributed by atoms with van der Waals surface area (Å²) in [7, 11) is 0. The molecule has 0 radical (unpaired) electrons. The lowest BCUT2D eigenvalue weighted by Crippen LogP contribution is -2.61. The van der Waals surface area contributed by atoms with E-state index in [2.05, 4.69) is 74.6 Å². The van der Waals surface area contributed by atoms with Crippen LogP contribution in [0.1, 0.15) is 168 Å². The molecular formula is C53H90O15. The van der Waals surface area contributed by atoms with Gasteiger partial charge < -0.3 is 64.2 Å². The van der Waals surface area contributed by atoms with Gasteiger partial charge in [-0.2, -0.15) is 0 Å². The van der Waals surface area contributed by atoms with Gasteiger partial charge in [0.1, 0.15) is 55.4 Å². The van der Waals surface area contributed by atoms with Gasteiger partial charge in [-0.05, 0) is 77.0 Å². The van der Waals surface area contributed by atoms with E-state index in [4.69, 9.17) is 28.4 Å². The van der Waals surface area contributed by atoms with E-state index in [-0.39, 0.29) is 19.4 Å². The number of aliphatic hydroxyl groups excluding tert-OH is 7. The van der Waals surface area contributed by atoms with Crippen LogP contribution in [0.4, 0.5) is 0 Å². The Morgan fingerprint density at radius 2 is 0.926 bits per heavy atom. The second kappa shape index (κ2) is 39.9. The topological polar surface area (TPSA) is 231 Å². The van der Waals surface area contributed by atoms with Crippen molar-refractivity contribution >= 4 is 11.9 Å². The fourth-order valence-electron chi connectivity index (χ4n) is 7.73. The first-order valence-corrected chi connectivity index (χ1v) is 25.9. The summed E-state index contributed by atoms with van der Waals surface area (Å²) in [6, 6.07) is 0. The van der Waals surface area contributed by atoms with Crippen LogP contribution in [-0.2, 0) is 38.0 Å². The highest BCUT2D eigenvalue weighted by atomic mass is 16.7. The second-order valence-electron chi connectivity index (χ2n) is 18.0. The van der Waals surface area contributed by atoms with Crippen molar-refractivity contribution in [1.82, 2.24) is 0 Å². The molecule has 0 saturated carbocycles. The van der Waals surface area contributed by atoms with Gasteiger partial charge in [-0.25, -0.2) is 0 Å². The van der Waals surface area contributed by atoms with Gasteiger partial charge in [-0.1, -0.05) is 139 Å². The third kappa shape index (κ3) is 27.6. The van der Waals surface area contributed by atoms with Crippen molar-refractivity contribution < 1.29 is 73.8 Å². The summed E-state index contributed by atoms with van der Waals surface area (Å²) in [5.41, 5.74) is 0. The number of carbonyl (C=O) groups is 2. The van der Waals surface area contributed by atoms with Crippen LogP contribution in [0.25, 0.3) is 0 Å². The van der Waals surface area contributed by atoms with Crippen LogP contribution in [0, 0.1) is 0 Å². The van der Waals surface area contributed by atoms with Crippen molar-refractivity contribution in [2.75, 3.05) is 26.4 Å². The highest BCUT2D eigenvalue weighted by Crippen LogP contribution is 2.26. The Morgan fingerprint density at radius 1 is 0.485 bits per heavy atom. The van der Waals surface area contributed by atoms with Crippen LogP contribution in [-0.4, -0.2) is 142 Å². The predicted octanol–water partition coefficient (Wildman–Crippen LogP) is 7.27. The maximum absolute atomic E-state index is 13.0. The van der Waals surface area contributed by atoms with Crippen LogP contribution in [0.5, 0.6) is 0 Å². The summed E-state index contributed by atoms with van der Waals surface area (Å²) < 4.78 is 33.5. The minimum atomic E-state index is -1.77. The second-order valence-corrected chi connectivity index (χ2v) is 18.0. The summed E-state index contributed by atoms with van der Waals surface area (Å²) in [4.78, 5) is 25.8. The summed E-state index contributed by atoms with van der Waals surface area (Å²) in [6.07, 6.45) is 28.2. The maximum Gasteiger partial charge on any atom is 0.306 e. The minimum absolute atomic E-state index is 0.133. The van der Waals surface area contributed by atoms with E-state index >= 15 is 0 Å². The highest BCUT2D eigenvalue weighted by molar-refractivity contribution is 5.70. The van der Waals surface area contributed by atoms with Crippen molar-refractivity contribution in [2.24, 2.45) is 0 Å². The largest absolute Gasteiger partial charge is 0.462 e. The van der Waals surface area contributed by atoms with Gasteiger partial charge in [0.25, 0.3) is 0 Å². The van der Waals surface area contributed by atoms with Crippen LogP contribution in [0.2, 0.25) is 0 Å². The van der Waals surface area contributed by atoms with E-state index < -0.39 is 99.3 Å². The van der Waals surface area contributed by atoms with Gasteiger partial charge in [0.2, 0.25) is 0 Å². The molecule has 0 bridgehead atoms. The Bertz CT molecular complexity index is 1420. The first-order chi connectivity index (χ1) is 33.0. The van der Waals surface area contributed by atoms with E-state index in [1.165, 1.54) is 38.5 Å². The summed E-state index contributed by atoms with van der Waals surface area (Å²) in [5, 5.41) is 72.1. The number of ether oxygens (including phenoxy) is 6. The van der Waals surface area contributed by atoms with E-state index in [0.29, 0.717) is 12.8 Å². The first kappa shape index (κ1) is 61.3. The van der Waals surface area contributed by atoms with Crippen LogP contribution in [0.15, 0.2) is 60.8 Å². The summed E-state index contributed by atoms with van der Waals surface area (Å²) >= 11 is 0. The third-order valence-corrected chi connectivity index (χ3v) is 12.0. The summed E-state index contributed by atoms with van der Waals surface area (Å²) in [6.45, 7) is 2.43. The lowest BCUT2D eigenvalue weighted by molar-refractivity contribution is -0.332. The molecule has 0 spiro atoms. The molecule has 15 heteroatoms. The van der Waals surface area contributed by atoms with E-state index in [1.54, 1.807) is 0 Å². The molecule has 2 aliphatic heterocycles. The molecule has 0 aromatic heterocycles. The zero-order chi connectivity index (χ0) is 49.6. The quantitative estimate of drug-likeness (QED) is 0.0183. The number of unbranched alkanes of at least 4 members (excludes halogenated alkanes) is 15. The number of allylic oxidation sites excluding steroid dienone is 10. The summed E-state index contributed by atoms with van der Waals surface area (Å²) in [5.74, 6) is -0.966. The lowest BCUT2D eigenvalue weighted by Gasteiger charge is -2.42. The van der Waals surface area contributed by atoms with Gasteiger partial charge in [0.15, 0.2) is 18.7 Å². The zero-order valence-corrected chi connectivity index (χ0v) is 41.3. The molecule has 68 heavy (non-hydrogen) atoms. The molecule has 0 aromatic rings. The molecule has 2 saturated heterocycles. The fraction of sp³-hybridized carbons (Fsp3) is 0.774. The Labute approximate surface area is 407 Å². The Balaban J connectivity index is 1.83. The van der Waals surface area contributed by atoms with Gasteiger partial charge in [0, 0.05) is 12.8 Å². The molecule has 0 amide bonds. The minimum Gasteiger partial charge on any atom is -0.462 e. The first-order valence-electron chi connectivity index (χ1n) is 25.9. The molecule has 0 aromatic carbocycles. The lowest BCUT2D eigenvalue weighted by atomic mass is 9.98. The predicted molar refractivity (Wildman–Crippen MR) is 261 cm³/mol. The molecule has 2 rings (SSSR count). The fourth-order valence-corrected chi connectivity index (χ4v) is 7.73. The average Bonchev–Trinajstić information content (AvgIpc) is 3.33. The van der Waals surface area contributed by atoms with E-state index in [0.717, 1.165) is 89.9 Å². The van der Waals surface area contributed by atoms with Crippen LogP contribution < -0.4 is 0 Å². The van der Waals surface area contributed by atoms with Crippen molar-refractivity contribution in [3.05, 3.63) is 60.8 Å². The molecule has 7 N–H and O–H groups in total. The van der Waals surface area contributed by atoms with Crippen molar-refractivity contribution in [2.45, 2.75) is 235 Å². The van der Waals surface area contributed by atoms with Crippen LogP contribution in [0.3, 0.4) is 0 Å². The Hall–Kier alpha value is -2.80. The molecule has 2 heterocycles. The number of hydrogen-bond acceptors (Lipinski definition) is 15. The molecule has 11 unspecified atom stereocenters. The number of esters is 2. The highest BCUT2D eigenvalue weighted by Gasteiger charge is 2.47. The van der Waals surface area contributed by atoms with Gasteiger partial charge in [0.05, 0.1) is 19.8 Å². The maximum atomic E-state index is 13.0. The van der Waals surface area contributed by atoms with Crippen molar-refractivity contribution in [1.29, 1.82) is 0 Å². The standard InChI is InChI=1S/C53H90O15/c1-3-5-7-9-11-13-15-17-19-20-22-24-26-28-30-32-34-36-45(56)66-41(38-63-44(55)35-33-31-29-27-25-23-21-18-16-14-12-10-8-6-4-2)39-64-52-51(62)49(60)47(58)43(68-52)40-65-53-50(61)48(59)46(57)42(37-54)67-53/h5,7,11,13,17-19,21-22,24,41-43,46-54,57-62H,3-4,6,8-10,12,14-16,20,23,25-40H2,1-2H3/b7-5-,13-11-,19-17-,21-18-,24-22-. The Morgan fingerprint density at radius 3 is 1.47 bits per heavy atom. The zero-order valence-electron chi connectivity index (χ0n) is 41.3. The average molecular weight is 967 g/mol. The molecule has 11 atom stereocenters. The molecule has 0 aliphatic carbocycles. The SMILES string of the molecule is CC/C=C\C/C=C\C/C=C\C/C=C\CCCCCCC(=O)OC(COC(=O)CCCCCCC/C=C\CCCCCCCC)COC1OC(COC2OC(CO)C(O)C(O)C2O)C(O)C(O)C1O. The molecule has 2 fully saturated rings. The number of rotatable bonds is 39. The van der Waals surface area contributed by atoms with Crippen LogP contribution >= 0.6 is 0 Å². The number of carbonyl (C=O) groups excluding carboxylic acids is 2. The molecule has 2 aliphatic rings. The van der Waals surface area contributed by atoms with Gasteiger partial charge in [-0.3, -0.25) is 9.59 Å². The van der Waals surface area contributed by atoms with Gasteiger partial charge in [-0.15, -0.1) is 0 Å². The van der Waals surface area contributed by atoms with Crippen molar-refractivity contribution in [3.8, 4) is 0 Å². The molecule has 392 valence electrons. The third-order valence-electron chi connectivity index (χ3n) is 12.0. The number of hydrogen-bond donors (Lipinski definition) is 7. The monoisotopic (exact) mass is 967 g/mol. The van der Waals surface area contributed by atoms with E-state index in [1.807, 2.05) is 0 Å². The Kier molecular flexibility index (Phi) is 36.0. The molecular weight excluding hydrogens is 877 g/mol. The van der Waals surface area contributed by atoms with E-state index in [9.17, 15) is 45.3 Å². The smallest absolute Gasteiger partial charge is 0.306 e.